The Kier molecular flexibility index (Phi) is 4.01. The van der Waals surface area contributed by atoms with Gasteiger partial charge < -0.3 is 10.4 Å². The number of halogens is 2. The van der Waals surface area contributed by atoms with Crippen LogP contribution in [0.15, 0.2) is 66.9 Å². The van der Waals surface area contributed by atoms with Gasteiger partial charge in [0.05, 0.1) is 0 Å². The first kappa shape index (κ1) is 16.1. The van der Waals surface area contributed by atoms with Crippen molar-refractivity contribution >= 4 is 11.5 Å². The minimum atomic E-state index is -0.606. The number of imidazole rings is 1. The van der Waals surface area contributed by atoms with Gasteiger partial charge in [0.25, 0.3) is 0 Å². The lowest BCUT2D eigenvalue weighted by atomic mass is 10.1. The van der Waals surface area contributed by atoms with Crippen LogP contribution in [0.25, 0.3) is 16.9 Å². The van der Waals surface area contributed by atoms with Gasteiger partial charge in [-0.3, -0.25) is 4.40 Å². The van der Waals surface area contributed by atoms with Crippen molar-refractivity contribution in [3.63, 3.8) is 0 Å². The van der Waals surface area contributed by atoms with Gasteiger partial charge in [0.1, 0.15) is 34.5 Å². The SMILES string of the molecule is Oc1ccc(-c2nc3ccccn3c2NCc2ccc(F)cc2F)cc1. The second kappa shape index (κ2) is 6.48. The number of fused-ring (bicyclic) bond motifs is 1. The van der Waals surface area contributed by atoms with Crippen molar-refractivity contribution in [3.8, 4) is 17.0 Å². The maximum atomic E-state index is 13.9. The molecule has 0 amide bonds. The third-order valence-corrected chi connectivity index (χ3v) is 4.13. The lowest BCUT2D eigenvalue weighted by molar-refractivity contribution is 0.475. The fourth-order valence-electron chi connectivity index (χ4n) is 2.83. The molecular weight excluding hydrogens is 336 g/mol. The molecule has 26 heavy (non-hydrogen) atoms. The molecule has 2 N–H and O–H groups in total. The fraction of sp³-hybridized carbons (Fsp3) is 0.0500. The first-order chi connectivity index (χ1) is 12.6. The number of aromatic hydroxyl groups is 1. The maximum absolute atomic E-state index is 13.9. The summed E-state index contributed by atoms with van der Waals surface area (Å²) in [5.74, 6) is -0.348. The Morgan fingerprint density at radius 2 is 1.81 bits per heavy atom. The summed E-state index contributed by atoms with van der Waals surface area (Å²) in [4.78, 5) is 4.63. The number of hydrogen-bond donors (Lipinski definition) is 2. The molecule has 0 fully saturated rings. The molecule has 0 bridgehead atoms. The molecule has 0 saturated heterocycles. The number of aromatic nitrogens is 2. The fourth-order valence-corrected chi connectivity index (χ4v) is 2.83. The number of phenols is 1. The zero-order valence-electron chi connectivity index (χ0n) is 13.7. The third kappa shape index (κ3) is 2.97. The Labute approximate surface area is 148 Å². The number of anilines is 1. The van der Waals surface area contributed by atoms with E-state index in [1.54, 1.807) is 24.3 Å². The van der Waals surface area contributed by atoms with Gasteiger partial charge in [-0.2, -0.15) is 0 Å². The first-order valence-corrected chi connectivity index (χ1v) is 8.06. The topological polar surface area (TPSA) is 49.6 Å². The van der Waals surface area contributed by atoms with E-state index in [2.05, 4.69) is 10.3 Å². The predicted octanol–water partition coefficient (Wildman–Crippen LogP) is 4.60. The molecule has 0 unspecified atom stereocenters. The number of nitrogens with zero attached hydrogens (tertiary/aromatic N) is 2. The summed E-state index contributed by atoms with van der Waals surface area (Å²) < 4.78 is 28.9. The molecule has 130 valence electrons. The molecule has 2 heterocycles. The number of benzene rings is 2. The van der Waals surface area contributed by atoms with E-state index >= 15 is 0 Å². The van der Waals surface area contributed by atoms with E-state index in [1.807, 2.05) is 28.8 Å². The molecule has 0 spiro atoms. The Hall–Kier alpha value is -3.41. The summed E-state index contributed by atoms with van der Waals surface area (Å²) in [6.07, 6.45) is 1.86. The Morgan fingerprint density at radius 1 is 1.00 bits per heavy atom. The van der Waals surface area contributed by atoms with Crippen molar-refractivity contribution in [2.24, 2.45) is 0 Å². The normalized spacial score (nSPS) is 11.0. The molecule has 4 rings (SSSR count). The van der Waals surface area contributed by atoms with Gasteiger partial charge >= 0.3 is 0 Å². The zero-order valence-corrected chi connectivity index (χ0v) is 13.7. The molecule has 2 aromatic carbocycles. The molecule has 0 aliphatic rings. The van der Waals surface area contributed by atoms with Crippen LogP contribution in [0.2, 0.25) is 0 Å². The molecule has 0 radical (unpaired) electrons. The molecule has 4 nitrogen and oxygen atoms in total. The first-order valence-electron chi connectivity index (χ1n) is 8.06. The molecule has 2 aromatic heterocycles. The van der Waals surface area contributed by atoms with Crippen molar-refractivity contribution < 1.29 is 13.9 Å². The van der Waals surface area contributed by atoms with Gasteiger partial charge in [0, 0.05) is 29.9 Å². The van der Waals surface area contributed by atoms with Crippen molar-refractivity contribution in [1.29, 1.82) is 0 Å². The van der Waals surface area contributed by atoms with Gasteiger partial charge in [-0.1, -0.05) is 12.1 Å². The quantitative estimate of drug-likeness (QED) is 0.565. The van der Waals surface area contributed by atoms with Gasteiger partial charge in [-0.25, -0.2) is 13.8 Å². The molecule has 0 atom stereocenters. The van der Waals surface area contributed by atoms with Crippen LogP contribution in [0.4, 0.5) is 14.6 Å². The van der Waals surface area contributed by atoms with Crippen LogP contribution in [0.5, 0.6) is 5.75 Å². The van der Waals surface area contributed by atoms with Crippen LogP contribution in [-0.2, 0) is 6.54 Å². The smallest absolute Gasteiger partial charge is 0.139 e. The van der Waals surface area contributed by atoms with E-state index < -0.39 is 11.6 Å². The van der Waals surface area contributed by atoms with E-state index in [4.69, 9.17) is 0 Å². The predicted molar refractivity (Wildman–Crippen MR) is 96.0 cm³/mol. The minimum absolute atomic E-state index is 0.167. The van der Waals surface area contributed by atoms with Crippen LogP contribution in [0, 0.1) is 11.6 Å². The largest absolute Gasteiger partial charge is 0.508 e. The van der Waals surface area contributed by atoms with Gasteiger partial charge in [0.15, 0.2) is 0 Å². The van der Waals surface area contributed by atoms with E-state index in [0.29, 0.717) is 17.1 Å². The molecular formula is C20H15F2N3O. The Bertz CT molecular complexity index is 1070. The number of hydrogen-bond acceptors (Lipinski definition) is 3. The van der Waals surface area contributed by atoms with Crippen molar-refractivity contribution in [2.75, 3.05) is 5.32 Å². The molecule has 0 saturated carbocycles. The lowest BCUT2D eigenvalue weighted by Crippen LogP contribution is -2.05. The lowest BCUT2D eigenvalue weighted by Gasteiger charge is -2.10. The number of pyridine rings is 1. The molecule has 0 aliphatic carbocycles. The highest BCUT2D eigenvalue weighted by Crippen LogP contribution is 2.30. The standard InChI is InChI=1S/C20H15F2N3O/c21-15-7-4-14(17(22)11-15)12-23-20-19(13-5-8-16(26)9-6-13)24-18-3-1-2-10-25(18)20/h1-11,23,26H,12H2. The molecule has 0 aliphatic heterocycles. The third-order valence-electron chi connectivity index (χ3n) is 4.13. The average Bonchev–Trinajstić information content (AvgIpc) is 3.00. The second-order valence-corrected chi connectivity index (χ2v) is 5.87. The second-order valence-electron chi connectivity index (χ2n) is 5.87. The number of nitrogens with one attached hydrogen (secondary N) is 1. The maximum Gasteiger partial charge on any atom is 0.139 e. The highest BCUT2D eigenvalue weighted by molar-refractivity contribution is 5.76. The van der Waals surface area contributed by atoms with Crippen molar-refractivity contribution in [2.45, 2.75) is 6.54 Å². The summed E-state index contributed by atoms with van der Waals surface area (Å²) in [6, 6.07) is 15.8. The van der Waals surface area contributed by atoms with Gasteiger partial charge in [-0.15, -0.1) is 0 Å². The summed E-state index contributed by atoms with van der Waals surface area (Å²) in [7, 11) is 0. The highest BCUT2D eigenvalue weighted by Gasteiger charge is 2.14. The minimum Gasteiger partial charge on any atom is -0.508 e. The molecule has 4 aromatic rings. The molecule has 6 heteroatoms. The van der Waals surface area contributed by atoms with Crippen LogP contribution in [0.3, 0.4) is 0 Å². The highest BCUT2D eigenvalue weighted by atomic mass is 19.1. The Morgan fingerprint density at radius 3 is 2.58 bits per heavy atom. The van der Waals surface area contributed by atoms with Crippen molar-refractivity contribution in [3.05, 3.63) is 84.1 Å². The summed E-state index contributed by atoms with van der Waals surface area (Å²) >= 11 is 0. The number of phenolic OH excluding ortho intramolecular Hbond substituents is 1. The monoisotopic (exact) mass is 351 g/mol. The van der Waals surface area contributed by atoms with Gasteiger partial charge in [0.2, 0.25) is 0 Å². The van der Waals surface area contributed by atoms with Gasteiger partial charge in [-0.05, 0) is 42.5 Å². The van der Waals surface area contributed by atoms with E-state index in [9.17, 15) is 13.9 Å². The summed E-state index contributed by atoms with van der Waals surface area (Å²) in [6.45, 7) is 0.180. The van der Waals surface area contributed by atoms with E-state index in [1.165, 1.54) is 12.1 Å². The number of rotatable bonds is 4. The van der Waals surface area contributed by atoms with E-state index in [-0.39, 0.29) is 12.3 Å². The van der Waals surface area contributed by atoms with Crippen LogP contribution >= 0.6 is 0 Å². The summed E-state index contributed by atoms with van der Waals surface area (Å²) in [5, 5.41) is 12.7. The average molecular weight is 351 g/mol. The van der Waals surface area contributed by atoms with Crippen LogP contribution < -0.4 is 5.32 Å². The zero-order chi connectivity index (χ0) is 18.1. The van der Waals surface area contributed by atoms with E-state index in [0.717, 1.165) is 17.3 Å². The Balaban J connectivity index is 1.75. The summed E-state index contributed by atoms with van der Waals surface area (Å²) in [5.41, 5.74) is 2.58. The van der Waals surface area contributed by atoms with Crippen LogP contribution in [0.1, 0.15) is 5.56 Å². The van der Waals surface area contributed by atoms with Crippen LogP contribution in [-0.4, -0.2) is 14.5 Å². The van der Waals surface area contributed by atoms with Crippen molar-refractivity contribution in [1.82, 2.24) is 9.38 Å².